The SMILES string of the molecule is C=C.C=C/C(=C\C=C(/C)CCC1NC(=O)C(CC2=CCC/C=C(OCCC)\C=C/2)NC1=O)OCC.CC. The fraction of sp³-hybridized carbons (Fsp3) is 0.484. The predicted octanol–water partition coefficient (Wildman–Crippen LogP) is 6.61. The first kappa shape index (κ1) is 33.7. The number of amides is 2. The molecule has 2 atom stereocenters. The van der Waals surface area contributed by atoms with Crippen LogP contribution in [0.1, 0.15) is 73.1 Å². The highest BCUT2D eigenvalue weighted by atomic mass is 16.5. The zero-order valence-electron chi connectivity index (χ0n) is 23.6. The fourth-order valence-electron chi connectivity index (χ4n) is 3.58. The van der Waals surface area contributed by atoms with Crippen LogP contribution < -0.4 is 10.6 Å². The van der Waals surface area contributed by atoms with E-state index in [2.05, 4.69) is 49.4 Å². The fourth-order valence-corrected chi connectivity index (χ4v) is 3.58. The highest BCUT2D eigenvalue weighted by molar-refractivity contribution is 5.97. The molecule has 206 valence electrons. The first-order chi connectivity index (χ1) is 18.0. The molecule has 6 heteroatoms. The van der Waals surface area contributed by atoms with Crippen LogP contribution in [0.25, 0.3) is 0 Å². The lowest BCUT2D eigenvalue weighted by atomic mass is 9.97. The van der Waals surface area contributed by atoms with Gasteiger partial charge in [0.05, 0.1) is 13.2 Å². The summed E-state index contributed by atoms with van der Waals surface area (Å²) in [6, 6.07) is -1.08. The Morgan fingerprint density at radius 1 is 1.03 bits per heavy atom. The number of carbonyl (C=O) groups excluding carboxylic acids is 2. The molecular formula is C31H48N2O4. The summed E-state index contributed by atoms with van der Waals surface area (Å²) in [5, 5.41) is 5.81. The minimum atomic E-state index is -0.561. The molecule has 1 fully saturated rings. The summed E-state index contributed by atoms with van der Waals surface area (Å²) in [6.07, 6.45) is 18.0. The van der Waals surface area contributed by atoms with Gasteiger partial charge in [0.25, 0.3) is 0 Å². The van der Waals surface area contributed by atoms with E-state index >= 15 is 0 Å². The maximum absolute atomic E-state index is 12.7. The molecule has 2 amide bonds. The summed E-state index contributed by atoms with van der Waals surface area (Å²) in [6.45, 7) is 21.0. The quantitative estimate of drug-likeness (QED) is 0.175. The molecule has 2 rings (SSSR count). The van der Waals surface area contributed by atoms with Crippen LogP contribution in [-0.4, -0.2) is 37.1 Å². The van der Waals surface area contributed by atoms with E-state index in [0.29, 0.717) is 38.2 Å². The van der Waals surface area contributed by atoms with Crippen molar-refractivity contribution in [1.82, 2.24) is 10.6 Å². The topological polar surface area (TPSA) is 76.7 Å². The molecule has 1 aliphatic carbocycles. The second kappa shape index (κ2) is 20.9. The van der Waals surface area contributed by atoms with Gasteiger partial charge in [0.1, 0.15) is 23.6 Å². The van der Waals surface area contributed by atoms with Crippen LogP contribution in [0, 0.1) is 0 Å². The van der Waals surface area contributed by atoms with Gasteiger partial charge in [-0.3, -0.25) is 9.59 Å². The molecule has 37 heavy (non-hydrogen) atoms. The predicted molar refractivity (Wildman–Crippen MR) is 155 cm³/mol. The van der Waals surface area contributed by atoms with Gasteiger partial charge in [-0.25, -0.2) is 0 Å². The third-order valence-corrected chi connectivity index (χ3v) is 5.43. The molecule has 0 spiro atoms. The Labute approximate surface area is 225 Å². The average molecular weight is 513 g/mol. The minimum absolute atomic E-state index is 0.133. The number of nitrogens with one attached hydrogen (secondary N) is 2. The molecule has 0 aromatic heterocycles. The van der Waals surface area contributed by atoms with Crippen LogP contribution >= 0.6 is 0 Å². The zero-order chi connectivity index (χ0) is 28.1. The van der Waals surface area contributed by atoms with Crippen LogP contribution in [0.4, 0.5) is 0 Å². The van der Waals surface area contributed by atoms with Crippen molar-refractivity contribution in [3.05, 3.63) is 84.9 Å². The van der Waals surface area contributed by atoms with Crippen LogP contribution in [0.2, 0.25) is 0 Å². The highest BCUT2D eigenvalue weighted by Crippen LogP contribution is 2.18. The number of piperazine rings is 1. The van der Waals surface area contributed by atoms with Crippen molar-refractivity contribution in [2.75, 3.05) is 13.2 Å². The standard InChI is InChI=1S/C27H38N2O4.C2H6.C2H4/c1-5-18-33-23-11-9-8-10-21(14-16-23)19-25-27(31)28-24(26(30)29-25)17-13-20(4)12-15-22(6-2)32-7-3;2*1-2/h6,10-12,14-16,24-25H,2,5,7-9,13,17-19H2,1,3-4H3,(H,28,31)(H,29,30);1-2H3;1-2H2/b16-14-,20-12+,21-10?,22-15+,23-11+;;. The molecule has 1 aliphatic heterocycles. The van der Waals surface area contributed by atoms with Gasteiger partial charge in [0.15, 0.2) is 0 Å². The van der Waals surface area contributed by atoms with Crippen molar-refractivity contribution in [1.29, 1.82) is 0 Å². The van der Waals surface area contributed by atoms with E-state index in [-0.39, 0.29) is 11.8 Å². The first-order valence-electron chi connectivity index (χ1n) is 13.4. The number of hydrogen-bond acceptors (Lipinski definition) is 4. The van der Waals surface area contributed by atoms with E-state index in [0.717, 1.165) is 36.2 Å². The van der Waals surface area contributed by atoms with Crippen LogP contribution in [0.5, 0.6) is 0 Å². The van der Waals surface area contributed by atoms with Crippen LogP contribution in [0.3, 0.4) is 0 Å². The first-order valence-corrected chi connectivity index (χ1v) is 13.4. The summed E-state index contributed by atoms with van der Waals surface area (Å²) >= 11 is 0. The molecule has 1 heterocycles. The van der Waals surface area contributed by atoms with E-state index in [1.54, 1.807) is 6.08 Å². The van der Waals surface area contributed by atoms with Crippen molar-refractivity contribution in [3.8, 4) is 0 Å². The average Bonchev–Trinajstić information content (AvgIpc) is 2.91. The van der Waals surface area contributed by atoms with Crippen molar-refractivity contribution in [3.63, 3.8) is 0 Å². The van der Waals surface area contributed by atoms with Gasteiger partial charge in [-0.15, -0.1) is 13.2 Å². The molecule has 0 bridgehead atoms. The molecule has 0 aromatic rings. The molecule has 0 saturated carbocycles. The lowest BCUT2D eigenvalue weighted by molar-refractivity contribution is -0.136. The van der Waals surface area contributed by atoms with Gasteiger partial charge >= 0.3 is 0 Å². The van der Waals surface area contributed by atoms with Crippen molar-refractivity contribution >= 4 is 11.8 Å². The van der Waals surface area contributed by atoms with Crippen molar-refractivity contribution in [2.45, 2.75) is 85.2 Å². The second-order valence-corrected chi connectivity index (χ2v) is 8.23. The maximum Gasteiger partial charge on any atom is 0.243 e. The number of hydrogen-bond donors (Lipinski definition) is 2. The number of rotatable bonds is 12. The van der Waals surface area contributed by atoms with Crippen molar-refractivity contribution in [2.24, 2.45) is 0 Å². The summed E-state index contributed by atoms with van der Waals surface area (Å²) in [7, 11) is 0. The van der Waals surface area contributed by atoms with E-state index in [1.807, 2.05) is 52.0 Å². The van der Waals surface area contributed by atoms with Gasteiger partial charge in [0, 0.05) is 6.42 Å². The lowest BCUT2D eigenvalue weighted by Gasteiger charge is -2.30. The van der Waals surface area contributed by atoms with Gasteiger partial charge in [-0.2, -0.15) is 0 Å². The lowest BCUT2D eigenvalue weighted by Crippen LogP contribution is -2.61. The van der Waals surface area contributed by atoms with Gasteiger partial charge in [-0.1, -0.05) is 51.2 Å². The molecule has 1 saturated heterocycles. The van der Waals surface area contributed by atoms with Crippen LogP contribution in [-0.2, 0) is 19.1 Å². The molecule has 2 aliphatic rings. The van der Waals surface area contributed by atoms with Gasteiger partial charge in [0.2, 0.25) is 11.8 Å². The summed E-state index contributed by atoms with van der Waals surface area (Å²) in [5.74, 6) is 1.30. The molecule has 2 N–H and O–H groups in total. The number of allylic oxidation sites excluding steroid dienone is 8. The second-order valence-electron chi connectivity index (χ2n) is 8.23. The largest absolute Gasteiger partial charge is 0.494 e. The Morgan fingerprint density at radius 3 is 2.32 bits per heavy atom. The Morgan fingerprint density at radius 2 is 1.68 bits per heavy atom. The Kier molecular flexibility index (Phi) is 19.0. The van der Waals surface area contributed by atoms with Crippen molar-refractivity contribution < 1.29 is 19.1 Å². The zero-order valence-corrected chi connectivity index (χ0v) is 23.6. The van der Waals surface area contributed by atoms with E-state index in [1.165, 1.54) is 0 Å². The Bertz CT molecular complexity index is 864. The summed E-state index contributed by atoms with van der Waals surface area (Å²) in [5.41, 5.74) is 2.12. The maximum atomic E-state index is 12.7. The number of carbonyl (C=O) groups is 2. The summed E-state index contributed by atoms with van der Waals surface area (Å²) < 4.78 is 11.2. The highest BCUT2D eigenvalue weighted by Gasteiger charge is 2.33. The van der Waals surface area contributed by atoms with Crippen LogP contribution in [0.15, 0.2) is 84.9 Å². The monoisotopic (exact) mass is 512 g/mol. The van der Waals surface area contributed by atoms with E-state index < -0.39 is 12.1 Å². The molecular weight excluding hydrogens is 464 g/mol. The molecule has 6 nitrogen and oxygen atoms in total. The molecule has 2 unspecified atom stereocenters. The Hall–Kier alpha value is -3.28. The Balaban J connectivity index is 0.00000308. The third-order valence-electron chi connectivity index (χ3n) is 5.43. The smallest absolute Gasteiger partial charge is 0.243 e. The summed E-state index contributed by atoms with van der Waals surface area (Å²) in [4.78, 5) is 25.3. The van der Waals surface area contributed by atoms with Gasteiger partial charge in [-0.05, 0) is 75.8 Å². The molecule has 0 aromatic carbocycles. The minimum Gasteiger partial charge on any atom is -0.494 e. The molecule has 0 radical (unpaired) electrons. The number of ether oxygens (including phenoxy) is 2. The third kappa shape index (κ3) is 13.6. The van der Waals surface area contributed by atoms with Gasteiger partial charge < -0.3 is 20.1 Å². The van der Waals surface area contributed by atoms with E-state index in [9.17, 15) is 9.59 Å². The van der Waals surface area contributed by atoms with E-state index in [4.69, 9.17) is 9.47 Å². The normalized spacial score (nSPS) is 22.0.